The van der Waals surface area contributed by atoms with E-state index in [0.717, 1.165) is 16.7 Å². The molecule has 142 valence electrons. The molecule has 0 fully saturated rings. The topological polar surface area (TPSA) is 68.3 Å². The van der Waals surface area contributed by atoms with Gasteiger partial charge in [-0.05, 0) is 28.8 Å². The van der Waals surface area contributed by atoms with Crippen molar-refractivity contribution in [1.29, 1.82) is 0 Å². The largest absolute Gasteiger partial charge is 0.469 e. The molecule has 1 N–H and O–H groups in total. The van der Waals surface area contributed by atoms with Gasteiger partial charge >= 0.3 is 5.97 Å². The van der Waals surface area contributed by atoms with Crippen molar-refractivity contribution in [2.24, 2.45) is 0 Å². The average Bonchev–Trinajstić information content (AvgIpc) is 2.74. The summed E-state index contributed by atoms with van der Waals surface area (Å²) in [5.74, 6) is -0.833. The Morgan fingerprint density at radius 1 is 1.04 bits per heavy atom. The number of carbonyl (C=O) groups is 2. The highest BCUT2D eigenvalue weighted by molar-refractivity contribution is 6.30. The molecule has 3 rings (SSSR count). The molecule has 0 aliphatic heterocycles. The van der Waals surface area contributed by atoms with Crippen molar-refractivity contribution >= 4 is 23.5 Å². The Bertz CT molecular complexity index is 959. The predicted molar refractivity (Wildman–Crippen MR) is 108 cm³/mol. The highest BCUT2D eigenvalue weighted by atomic mass is 35.5. The van der Waals surface area contributed by atoms with Gasteiger partial charge in [0, 0.05) is 11.2 Å². The van der Waals surface area contributed by atoms with Gasteiger partial charge in [0.25, 0.3) is 5.91 Å². The minimum absolute atomic E-state index is 0.00743. The summed E-state index contributed by atoms with van der Waals surface area (Å²) in [6.07, 6.45) is 1.47. The number of nitrogens with zero attached hydrogens (tertiary/aromatic N) is 1. The van der Waals surface area contributed by atoms with Crippen LogP contribution in [0.2, 0.25) is 5.02 Å². The number of methoxy groups -OCH3 is 1. The molecule has 1 amide bonds. The van der Waals surface area contributed by atoms with Crippen LogP contribution in [-0.4, -0.2) is 24.0 Å². The highest BCUT2D eigenvalue weighted by Crippen LogP contribution is 2.24. The monoisotopic (exact) mass is 394 g/mol. The Kier molecular flexibility index (Phi) is 6.40. The van der Waals surface area contributed by atoms with E-state index in [9.17, 15) is 9.59 Å². The lowest BCUT2D eigenvalue weighted by atomic mass is 9.99. The number of hydrogen-bond donors (Lipinski definition) is 1. The van der Waals surface area contributed by atoms with Crippen molar-refractivity contribution in [2.75, 3.05) is 7.11 Å². The number of halogens is 1. The Morgan fingerprint density at radius 2 is 1.71 bits per heavy atom. The van der Waals surface area contributed by atoms with E-state index in [-0.39, 0.29) is 12.1 Å². The van der Waals surface area contributed by atoms with E-state index in [0.29, 0.717) is 5.02 Å². The van der Waals surface area contributed by atoms with Crippen LogP contribution in [0.5, 0.6) is 0 Å². The van der Waals surface area contributed by atoms with Crippen LogP contribution in [0, 0.1) is 0 Å². The number of rotatable bonds is 6. The van der Waals surface area contributed by atoms with Gasteiger partial charge in [0.2, 0.25) is 0 Å². The number of amides is 1. The van der Waals surface area contributed by atoms with Crippen LogP contribution in [0.1, 0.15) is 28.5 Å². The number of hydrogen-bond acceptors (Lipinski definition) is 4. The summed E-state index contributed by atoms with van der Waals surface area (Å²) in [5.41, 5.74) is 3.11. The van der Waals surface area contributed by atoms with Gasteiger partial charge in [-0.25, -0.2) is 0 Å². The number of pyridine rings is 1. The third-order valence-electron chi connectivity index (χ3n) is 4.28. The van der Waals surface area contributed by atoms with Crippen LogP contribution in [0.3, 0.4) is 0 Å². The summed E-state index contributed by atoms with van der Waals surface area (Å²) in [5, 5.41) is 3.25. The van der Waals surface area contributed by atoms with Gasteiger partial charge < -0.3 is 10.1 Å². The minimum Gasteiger partial charge on any atom is -0.469 e. The fraction of sp³-hybridized carbons (Fsp3) is 0.136. The molecule has 0 saturated carbocycles. The molecule has 1 atom stereocenters. The first-order valence-electron chi connectivity index (χ1n) is 8.71. The molecule has 0 bridgehead atoms. The lowest BCUT2D eigenvalue weighted by molar-refractivity contribution is -0.141. The quantitative estimate of drug-likeness (QED) is 0.628. The van der Waals surface area contributed by atoms with Gasteiger partial charge in [-0.1, -0.05) is 66.2 Å². The third kappa shape index (κ3) is 4.96. The standard InChI is InChI=1S/C22H19ClN2O3/c1-28-21(26)14-19(25-22(27)20-13-18(23)11-12-24-20)17-9-7-16(8-10-17)15-5-3-2-4-6-15/h2-13,19H,14H2,1H3,(H,25,27). The van der Waals surface area contributed by atoms with Gasteiger partial charge in [-0.15, -0.1) is 0 Å². The number of aromatic nitrogens is 1. The maximum atomic E-state index is 12.6. The van der Waals surface area contributed by atoms with Crippen LogP contribution in [-0.2, 0) is 9.53 Å². The van der Waals surface area contributed by atoms with E-state index in [4.69, 9.17) is 16.3 Å². The zero-order valence-electron chi connectivity index (χ0n) is 15.3. The summed E-state index contributed by atoms with van der Waals surface area (Å²) in [6.45, 7) is 0. The first kappa shape index (κ1) is 19.6. The number of benzene rings is 2. The molecule has 6 heteroatoms. The van der Waals surface area contributed by atoms with E-state index >= 15 is 0 Å². The van der Waals surface area contributed by atoms with Crippen LogP contribution in [0.25, 0.3) is 11.1 Å². The van der Waals surface area contributed by atoms with E-state index in [2.05, 4.69) is 10.3 Å². The van der Waals surface area contributed by atoms with Gasteiger partial charge in [-0.2, -0.15) is 0 Å². The van der Waals surface area contributed by atoms with E-state index in [1.54, 1.807) is 6.07 Å². The van der Waals surface area contributed by atoms with Crippen molar-refractivity contribution in [3.05, 3.63) is 89.2 Å². The molecule has 0 radical (unpaired) electrons. The van der Waals surface area contributed by atoms with Crippen molar-refractivity contribution in [2.45, 2.75) is 12.5 Å². The Morgan fingerprint density at radius 3 is 2.36 bits per heavy atom. The molecule has 1 unspecified atom stereocenters. The molecule has 2 aromatic carbocycles. The Labute approximate surface area is 168 Å². The molecule has 3 aromatic rings. The molecule has 5 nitrogen and oxygen atoms in total. The molecule has 28 heavy (non-hydrogen) atoms. The van der Waals surface area contributed by atoms with Gasteiger partial charge in [0.1, 0.15) is 5.69 Å². The fourth-order valence-electron chi connectivity index (χ4n) is 2.80. The van der Waals surface area contributed by atoms with Crippen molar-refractivity contribution in [1.82, 2.24) is 10.3 Å². The lowest BCUT2D eigenvalue weighted by Gasteiger charge is -2.18. The minimum atomic E-state index is -0.550. The molecule has 0 aliphatic carbocycles. The lowest BCUT2D eigenvalue weighted by Crippen LogP contribution is -2.31. The van der Waals surface area contributed by atoms with E-state index in [1.165, 1.54) is 19.4 Å². The number of nitrogens with one attached hydrogen (secondary N) is 1. The number of esters is 1. The normalized spacial score (nSPS) is 11.5. The van der Waals surface area contributed by atoms with E-state index < -0.39 is 17.9 Å². The number of ether oxygens (including phenoxy) is 1. The maximum absolute atomic E-state index is 12.6. The summed E-state index contributed by atoms with van der Waals surface area (Å²) < 4.78 is 4.77. The summed E-state index contributed by atoms with van der Waals surface area (Å²) >= 11 is 5.93. The second kappa shape index (κ2) is 9.15. The van der Waals surface area contributed by atoms with Crippen LogP contribution < -0.4 is 5.32 Å². The van der Waals surface area contributed by atoms with Crippen molar-refractivity contribution in [3.8, 4) is 11.1 Å². The Hall–Kier alpha value is -3.18. The number of carbonyl (C=O) groups excluding carboxylic acids is 2. The molecular weight excluding hydrogens is 376 g/mol. The molecule has 1 aromatic heterocycles. The zero-order valence-corrected chi connectivity index (χ0v) is 16.0. The SMILES string of the molecule is COC(=O)CC(NC(=O)c1cc(Cl)ccn1)c1ccc(-c2ccccc2)cc1. The second-order valence-electron chi connectivity index (χ2n) is 6.15. The fourth-order valence-corrected chi connectivity index (χ4v) is 2.96. The van der Waals surface area contributed by atoms with Crippen LogP contribution in [0.4, 0.5) is 0 Å². The third-order valence-corrected chi connectivity index (χ3v) is 4.51. The first-order valence-corrected chi connectivity index (χ1v) is 9.09. The summed E-state index contributed by atoms with van der Waals surface area (Å²) in [7, 11) is 1.32. The average molecular weight is 395 g/mol. The van der Waals surface area contributed by atoms with Gasteiger partial charge in [0.15, 0.2) is 0 Å². The molecule has 1 heterocycles. The highest BCUT2D eigenvalue weighted by Gasteiger charge is 2.20. The smallest absolute Gasteiger partial charge is 0.307 e. The first-order chi connectivity index (χ1) is 13.6. The molecule has 0 spiro atoms. The summed E-state index contributed by atoms with van der Waals surface area (Å²) in [4.78, 5) is 28.4. The zero-order chi connectivity index (χ0) is 19.9. The Balaban J connectivity index is 1.83. The van der Waals surface area contributed by atoms with Gasteiger partial charge in [0.05, 0.1) is 19.6 Å². The second-order valence-corrected chi connectivity index (χ2v) is 6.59. The summed E-state index contributed by atoms with van der Waals surface area (Å²) in [6, 6.07) is 20.2. The maximum Gasteiger partial charge on any atom is 0.307 e. The van der Waals surface area contributed by atoms with Crippen LogP contribution >= 0.6 is 11.6 Å². The van der Waals surface area contributed by atoms with Gasteiger partial charge in [-0.3, -0.25) is 14.6 Å². The molecule has 0 aliphatic rings. The van der Waals surface area contributed by atoms with Crippen LogP contribution in [0.15, 0.2) is 72.9 Å². The van der Waals surface area contributed by atoms with E-state index in [1.807, 2.05) is 54.6 Å². The van der Waals surface area contributed by atoms with Crippen molar-refractivity contribution in [3.63, 3.8) is 0 Å². The van der Waals surface area contributed by atoms with Crippen molar-refractivity contribution < 1.29 is 14.3 Å². The molecule has 0 saturated heterocycles. The predicted octanol–water partition coefficient (Wildman–Crippen LogP) is 4.44. The molecular formula is C22H19ClN2O3.